The molecule has 0 radical (unpaired) electrons. The quantitative estimate of drug-likeness (QED) is 0.491. The van der Waals surface area contributed by atoms with Gasteiger partial charge >= 0.3 is 0 Å². The van der Waals surface area contributed by atoms with Crippen LogP contribution in [0.15, 0.2) is 0 Å². The van der Waals surface area contributed by atoms with Crippen LogP contribution in [0.4, 0.5) is 0 Å². The first kappa shape index (κ1) is 7.87. The number of hydrogen-bond acceptors (Lipinski definition) is 0. The van der Waals surface area contributed by atoms with Gasteiger partial charge in [-0.3, -0.25) is 0 Å². The van der Waals surface area contributed by atoms with Gasteiger partial charge in [0.1, 0.15) is 0 Å². The second-order valence-electron chi connectivity index (χ2n) is 2.41. The van der Waals surface area contributed by atoms with E-state index in [1.165, 1.54) is 25.7 Å². The third-order valence-corrected chi connectivity index (χ3v) is 1.56. The monoisotopic (exact) mass is 113 g/mol. The van der Waals surface area contributed by atoms with Crippen LogP contribution >= 0.6 is 0 Å². The average Bonchev–Trinajstić information content (AvgIpc) is 1.83. The van der Waals surface area contributed by atoms with E-state index in [2.05, 4.69) is 20.8 Å². The van der Waals surface area contributed by atoms with E-state index >= 15 is 0 Å². The lowest BCUT2D eigenvalue weighted by molar-refractivity contribution is 0.692. The standard InChI is InChI=1S/C8H17/c1-4-6-7-8(3)5-2/h4-7H2,1-3H3/q+1. The molecule has 8 heavy (non-hydrogen) atoms. The van der Waals surface area contributed by atoms with Crippen molar-refractivity contribution in [3.63, 3.8) is 0 Å². The van der Waals surface area contributed by atoms with Crippen LogP contribution in [0.5, 0.6) is 0 Å². The lowest BCUT2D eigenvalue weighted by Gasteiger charge is -1.93. The largest absolute Gasteiger partial charge is 0.0897 e. The Kier molecular flexibility index (Phi) is 4.93. The second-order valence-corrected chi connectivity index (χ2v) is 2.41. The third-order valence-electron chi connectivity index (χ3n) is 1.56. The zero-order valence-electron chi connectivity index (χ0n) is 6.33. The molecular weight excluding hydrogens is 96.1 g/mol. The van der Waals surface area contributed by atoms with Crippen molar-refractivity contribution in [3.8, 4) is 0 Å². The molecule has 0 spiro atoms. The van der Waals surface area contributed by atoms with Crippen molar-refractivity contribution in [2.45, 2.75) is 46.5 Å². The van der Waals surface area contributed by atoms with Gasteiger partial charge in [0, 0.05) is 0 Å². The lowest BCUT2D eigenvalue weighted by Crippen LogP contribution is -1.86. The molecule has 0 aliphatic rings. The molecule has 48 valence electrons. The van der Waals surface area contributed by atoms with Crippen molar-refractivity contribution < 1.29 is 0 Å². The molecule has 0 aliphatic carbocycles. The molecule has 0 aromatic rings. The van der Waals surface area contributed by atoms with Crippen molar-refractivity contribution in [2.24, 2.45) is 0 Å². The third kappa shape index (κ3) is 4.04. The molecule has 0 saturated heterocycles. The SMILES string of the molecule is CCCC[C+](C)CC. The van der Waals surface area contributed by atoms with Gasteiger partial charge in [-0.1, -0.05) is 13.3 Å². The van der Waals surface area contributed by atoms with Crippen molar-refractivity contribution in [1.29, 1.82) is 0 Å². The van der Waals surface area contributed by atoms with Gasteiger partial charge in [0.2, 0.25) is 0 Å². The minimum absolute atomic E-state index is 1.26. The summed E-state index contributed by atoms with van der Waals surface area (Å²) in [4.78, 5) is 0. The predicted molar refractivity (Wildman–Crippen MR) is 38.7 cm³/mol. The molecule has 0 rings (SSSR count). The van der Waals surface area contributed by atoms with E-state index in [4.69, 9.17) is 0 Å². The van der Waals surface area contributed by atoms with Crippen LogP contribution in [-0.2, 0) is 0 Å². The number of unbranched alkanes of at least 4 members (excludes halogenated alkanes) is 1. The van der Waals surface area contributed by atoms with Crippen molar-refractivity contribution in [1.82, 2.24) is 0 Å². The molecule has 0 bridgehead atoms. The molecule has 0 aromatic carbocycles. The van der Waals surface area contributed by atoms with E-state index in [0.717, 1.165) is 0 Å². The maximum Gasteiger partial charge on any atom is 0.0897 e. The summed E-state index contributed by atoms with van der Waals surface area (Å²) in [7, 11) is 0. The summed E-state index contributed by atoms with van der Waals surface area (Å²) in [5.74, 6) is 1.65. The lowest BCUT2D eigenvalue weighted by atomic mass is 10.0. The highest BCUT2D eigenvalue weighted by molar-refractivity contribution is 4.80. The first-order valence-electron chi connectivity index (χ1n) is 3.62. The Bertz CT molecular complexity index is 39.3. The van der Waals surface area contributed by atoms with Gasteiger partial charge in [0.15, 0.2) is 0 Å². The van der Waals surface area contributed by atoms with Crippen molar-refractivity contribution in [3.05, 3.63) is 5.92 Å². The number of hydrogen-bond donors (Lipinski definition) is 0. The summed E-state index contributed by atoms with van der Waals surface area (Å²) >= 11 is 0. The smallest absolute Gasteiger partial charge is 0.0652 e. The summed E-state index contributed by atoms with van der Waals surface area (Å²) in [6.45, 7) is 6.71. The van der Waals surface area contributed by atoms with E-state index in [0.29, 0.717) is 0 Å². The van der Waals surface area contributed by atoms with Crippen LogP contribution in [0.25, 0.3) is 0 Å². The Morgan fingerprint density at radius 2 is 1.88 bits per heavy atom. The summed E-state index contributed by atoms with van der Waals surface area (Å²) in [6, 6.07) is 0. The molecule has 0 nitrogen and oxygen atoms in total. The molecule has 0 atom stereocenters. The van der Waals surface area contributed by atoms with Crippen LogP contribution in [0.3, 0.4) is 0 Å². The Labute approximate surface area is 53.3 Å². The first-order valence-corrected chi connectivity index (χ1v) is 3.62. The van der Waals surface area contributed by atoms with Gasteiger partial charge in [-0.15, -0.1) is 0 Å². The molecule has 0 aromatic heterocycles. The van der Waals surface area contributed by atoms with Crippen molar-refractivity contribution in [2.75, 3.05) is 0 Å². The molecule has 0 unspecified atom stereocenters. The molecule has 0 saturated carbocycles. The molecular formula is C8H17+. The second kappa shape index (κ2) is 5.02. The summed E-state index contributed by atoms with van der Waals surface area (Å²) in [6.07, 6.45) is 5.31. The van der Waals surface area contributed by atoms with Gasteiger partial charge < -0.3 is 0 Å². The van der Waals surface area contributed by atoms with Gasteiger partial charge in [0.25, 0.3) is 0 Å². The fourth-order valence-electron chi connectivity index (χ4n) is 0.655. The Morgan fingerprint density at radius 3 is 2.25 bits per heavy atom. The molecule has 0 fully saturated rings. The van der Waals surface area contributed by atoms with Crippen molar-refractivity contribution >= 4 is 0 Å². The fraction of sp³-hybridized carbons (Fsp3) is 0.875. The Morgan fingerprint density at radius 1 is 1.25 bits per heavy atom. The Balaban J connectivity index is 2.86. The average molecular weight is 113 g/mol. The molecule has 0 heterocycles. The molecule has 0 N–H and O–H groups in total. The van der Waals surface area contributed by atoms with Crippen LogP contribution in [-0.4, -0.2) is 0 Å². The highest BCUT2D eigenvalue weighted by Gasteiger charge is 2.06. The Hall–Kier alpha value is -0.130. The van der Waals surface area contributed by atoms with E-state index in [9.17, 15) is 0 Å². The summed E-state index contributed by atoms with van der Waals surface area (Å²) in [5.41, 5.74) is 0. The van der Waals surface area contributed by atoms with Gasteiger partial charge in [-0.25, -0.2) is 0 Å². The van der Waals surface area contributed by atoms with E-state index in [1.54, 1.807) is 5.92 Å². The van der Waals surface area contributed by atoms with Gasteiger partial charge in [-0.05, 0) is 13.3 Å². The van der Waals surface area contributed by atoms with Crippen LogP contribution < -0.4 is 0 Å². The number of rotatable bonds is 4. The van der Waals surface area contributed by atoms with Gasteiger partial charge in [0.05, 0.1) is 25.7 Å². The summed E-state index contributed by atoms with van der Waals surface area (Å²) < 4.78 is 0. The molecule has 0 aliphatic heterocycles. The zero-order valence-corrected chi connectivity index (χ0v) is 6.33. The molecule has 0 amide bonds. The maximum absolute atomic E-state index is 2.25. The highest BCUT2D eigenvalue weighted by atomic mass is 14.0. The normalized spacial score (nSPS) is 9.38. The van der Waals surface area contributed by atoms with Crippen LogP contribution in [0.2, 0.25) is 0 Å². The zero-order chi connectivity index (χ0) is 6.41. The topological polar surface area (TPSA) is 0 Å². The predicted octanol–water partition coefficient (Wildman–Crippen LogP) is 3.18. The fourth-order valence-corrected chi connectivity index (χ4v) is 0.655. The van der Waals surface area contributed by atoms with E-state index in [-0.39, 0.29) is 0 Å². The van der Waals surface area contributed by atoms with Crippen LogP contribution in [0, 0.1) is 5.92 Å². The summed E-state index contributed by atoms with van der Waals surface area (Å²) in [5, 5.41) is 0. The van der Waals surface area contributed by atoms with E-state index < -0.39 is 0 Å². The van der Waals surface area contributed by atoms with Gasteiger partial charge in [-0.2, -0.15) is 0 Å². The highest BCUT2D eigenvalue weighted by Crippen LogP contribution is 2.12. The van der Waals surface area contributed by atoms with Crippen LogP contribution in [0.1, 0.15) is 46.5 Å². The first-order chi connectivity index (χ1) is 3.81. The minimum atomic E-state index is 1.26. The molecule has 0 heteroatoms. The maximum atomic E-state index is 2.25. The van der Waals surface area contributed by atoms with E-state index in [1.807, 2.05) is 0 Å². The minimum Gasteiger partial charge on any atom is -0.0652 e.